The Hall–Kier alpha value is -0.570. The molecular weight excluding hydrogens is 130 g/mol. The van der Waals surface area contributed by atoms with E-state index in [0.29, 0.717) is 12.1 Å². The van der Waals surface area contributed by atoms with Crippen molar-refractivity contribution in [3.05, 3.63) is 0 Å². The first-order chi connectivity index (χ1) is 4.79. The van der Waals surface area contributed by atoms with Gasteiger partial charge in [-0.3, -0.25) is 4.79 Å². The lowest BCUT2D eigenvalue weighted by atomic mass is 10.6. The zero-order valence-corrected chi connectivity index (χ0v) is 6.41. The topological polar surface area (TPSA) is 29.5 Å². The van der Waals surface area contributed by atoms with Crippen LogP contribution in [0.3, 0.4) is 0 Å². The van der Waals surface area contributed by atoms with Gasteiger partial charge in [-0.1, -0.05) is 0 Å². The van der Waals surface area contributed by atoms with Gasteiger partial charge >= 0.3 is 0 Å². The molecule has 1 aliphatic carbocycles. The molecule has 3 heteroatoms. The summed E-state index contributed by atoms with van der Waals surface area (Å²) in [6.45, 7) is 2.71. The van der Waals surface area contributed by atoms with Crippen LogP contribution in [0.1, 0.15) is 13.3 Å². The van der Waals surface area contributed by atoms with Crippen molar-refractivity contribution in [3.63, 3.8) is 0 Å². The van der Waals surface area contributed by atoms with Crippen LogP contribution >= 0.6 is 0 Å². The molecule has 0 aromatic rings. The molecule has 3 nitrogen and oxygen atoms in total. The van der Waals surface area contributed by atoms with Gasteiger partial charge < -0.3 is 9.64 Å². The molecule has 2 unspecified atom stereocenters. The maximum Gasteiger partial charge on any atom is 0.209 e. The Bertz CT molecular complexity index is 127. The first-order valence-corrected chi connectivity index (χ1v) is 3.58. The van der Waals surface area contributed by atoms with Gasteiger partial charge in [-0.15, -0.1) is 0 Å². The van der Waals surface area contributed by atoms with E-state index in [-0.39, 0.29) is 0 Å². The van der Waals surface area contributed by atoms with Crippen LogP contribution in [-0.2, 0) is 9.53 Å². The highest BCUT2D eigenvalue weighted by Gasteiger charge is 2.40. The highest BCUT2D eigenvalue weighted by atomic mass is 16.5. The van der Waals surface area contributed by atoms with Crippen LogP contribution in [0.15, 0.2) is 0 Å². The lowest BCUT2D eigenvalue weighted by Gasteiger charge is -2.08. The van der Waals surface area contributed by atoms with Crippen LogP contribution < -0.4 is 0 Å². The van der Waals surface area contributed by atoms with E-state index in [2.05, 4.69) is 0 Å². The number of hydrogen-bond donors (Lipinski definition) is 0. The molecular formula is C7H13NO2. The maximum absolute atomic E-state index is 10.2. The van der Waals surface area contributed by atoms with Gasteiger partial charge in [0.1, 0.15) is 0 Å². The van der Waals surface area contributed by atoms with Crippen molar-refractivity contribution in [3.8, 4) is 0 Å². The molecule has 0 spiro atoms. The van der Waals surface area contributed by atoms with Crippen LogP contribution in [-0.4, -0.2) is 37.1 Å². The number of carbonyl (C=O) groups excluding carboxylic acids is 1. The van der Waals surface area contributed by atoms with E-state index in [0.717, 1.165) is 19.4 Å². The van der Waals surface area contributed by atoms with E-state index >= 15 is 0 Å². The third-order valence-electron chi connectivity index (χ3n) is 1.77. The van der Waals surface area contributed by atoms with Gasteiger partial charge in [-0.2, -0.15) is 0 Å². The summed E-state index contributed by atoms with van der Waals surface area (Å²) >= 11 is 0. The maximum atomic E-state index is 10.2. The zero-order chi connectivity index (χ0) is 7.56. The van der Waals surface area contributed by atoms with Crippen LogP contribution in [0.25, 0.3) is 0 Å². The summed E-state index contributed by atoms with van der Waals surface area (Å²) in [6.07, 6.45) is 2.16. The third-order valence-corrected chi connectivity index (χ3v) is 1.77. The molecule has 1 rings (SSSR count). The number of ether oxygens (including phenoxy) is 1. The summed E-state index contributed by atoms with van der Waals surface area (Å²) in [7, 11) is 1.79. The molecule has 1 amide bonds. The SMILES string of the molecule is CCOC1CC1N(C)C=O. The predicted molar refractivity (Wildman–Crippen MR) is 37.6 cm³/mol. The summed E-state index contributed by atoms with van der Waals surface area (Å²) in [6, 6.07) is 0.345. The minimum atomic E-state index is 0.306. The van der Waals surface area contributed by atoms with Gasteiger partial charge in [0.05, 0.1) is 12.1 Å². The van der Waals surface area contributed by atoms with Crippen LogP contribution in [0.2, 0.25) is 0 Å². The van der Waals surface area contributed by atoms with Crippen LogP contribution in [0.4, 0.5) is 0 Å². The van der Waals surface area contributed by atoms with Crippen molar-refractivity contribution in [1.82, 2.24) is 4.90 Å². The fourth-order valence-corrected chi connectivity index (χ4v) is 1.06. The van der Waals surface area contributed by atoms with E-state index in [9.17, 15) is 4.79 Å². The number of carbonyl (C=O) groups is 1. The predicted octanol–water partition coefficient (Wildman–Crippen LogP) is 0.252. The first kappa shape index (κ1) is 7.54. The summed E-state index contributed by atoms with van der Waals surface area (Å²) in [5.41, 5.74) is 0. The lowest BCUT2D eigenvalue weighted by molar-refractivity contribution is -0.118. The Morgan fingerprint density at radius 3 is 3.00 bits per heavy atom. The monoisotopic (exact) mass is 143 g/mol. The van der Waals surface area contributed by atoms with Gasteiger partial charge in [0.15, 0.2) is 0 Å². The van der Waals surface area contributed by atoms with Crippen molar-refractivity contribution in [1.29, 1.82) is 0 Å². The second-order valence-electron chi connectivity index (χ2n) is 2.57. The molecule has 10 heavy (non-hydrogen) atoms. The van der Waals surface area contributed by atoms with Crippen LogP contribution in [0.5, 0.6) is 0 Å². The second-order valence-corrected chi connectivity index (χ2v) is 2.57. The Morgan fingerprint density at radius 1 is 1.80 bits per heavy atom. The molecule has 0 aromatic carbocycles. The minimum absolute atomic E-state index is 0.306. The van der Waals surface area contributed by atoms with E-state index in [1.54, 1.807) is 11.9 Å². The number of hydrogen-bond acceptors (Lipinski definition) is 2. The molecule has 1 fully saturated rings. The van der Waals surface area contributed by atoms with Crippen molar-refractivity contribution >= 4 is 6.41 Å². The van der Waals surface area contributed by atoms with Crippen molar-refractivity contribution in [2.45, 2.75) is 25.5 Å². The summed E-state index contributed by atoms with van der Waals surface area (Å²) in [5.74, 6) is 0. The molecule has 0 aromatic heterocycles. The average molecular weight is 143 g/mol. The van der Waals surface area contributed by atoms with E-state index in [4.69, 9.17) is 4.74 Å². The first-order valence-electron chi connectivity index (χ1n) is 3.58. The second kappa shape index (κ2) is 3.01. The van der Waals surface area contributed by atoms with Crippen molar-refractivity contribution < 1.29 is 9.53 Å². The number of rotatable bonds is 4. The van der Waals surface area contributed by atoms with Crippen LogP contribution in [0, 0.1) is 0 Å². The molecule has 0 N–H and O–H groups in total. The molecule has 1 aliphatic rings. The van der Waals surface area contributed by atoms with E-state index in [1.165, 1.54) is 0 Å². The summed E-state index contributed by atoms with van der Waals surface area (Å²) < 4.78 is 5.29. The molecule has 0 radical (unpaired) electrons. The largest absolute Gasteiger partial charge is 0.376 e. The molecule has 0 heterocycles. The number of likely N-dealkylation sites (N-methyl/N-ethyl adjacent to an activating group) is 1. The van der Waals surface area contributed by atoms with Gasteiger partial charge in [0.25, 0.3) is 0 Å². The van der Waals surface area contributed by atoms with Gasteiger partial charge in [-0.05, 0) is 13.3 Å². The molecule has 58 valence electrons. The Labute approximate surface area is 61.0 Å². The zero-order valence-electron chi connectivity index (χ0n) is 6.41. The molecule has 1 saturated carbocycles. The molecule has 0 bridgehead atoms. The minimum Gasteiger partial charge on any atom is -0.376 e. The van der Waals surface area contributed by atoms with Gasteiger partial charge in [0.2, 0.25) is 6.41 Å². The smallest absolute Gasteiger partial charge is 0.209 e. The standard InChI is InChI=1S/C7H13NO2/c1-3-10-7-4-6(7)8(2)5-9/h5-7H,3-4H2,1-2H3. The Balaban J connectivity index is 2.17. The van der Waals surface area contributed by atoms with E-state index < -0.39 is 0 Å². The summed E-state index contributed by atoms with van der Waals surface area (Å²) in [5, 5.41) is 0. The number of amides is 1. The molecule has 0 aliphatic heterocycles. The van der Waals surface area contributed by atoms with Gasteiger partial charge in [-0.25, -0.2) is 0 Å². The average Bonchev–Trinajstić information content (AvgIpc) is 2.67. The van der Waals surface area contributed by atoms with Crippen molar-refractivity contribution in [2.24, 2.45) is 0 Å². The Kier molecular flexibility index (Phi) is 2.27. The van der Waals surface area contributed by atoms with Crippen molar-refractivity contribution in [2.75, 3.05) is 13.7 Å². The third kappa shape index (κ3) is 1.48. The van der Waals surface area contributed by atoms with E-state index in [1.807, 2.05) is 6.92 Å². The number of nitrogens with zero attached hydrogens (tertiary/aromatic N) is 1. The quantitative estimate of drug-likeness (QED) is 0.528. The fourth-order valence-electron chi connectivity index (χ4n) is 1.06. The molecule has 0 saturated heterocycles. The highest BCUT2D eigenvalue weighted by molar-refractivity contribution is 5.48. The Morgan fingerprint density at radius 2 is 2.50 bits per heavy atom. The lowest BCUT2D eigenvalue weighted by Crippen LogP contribution is -2.22. The normalized spacial score (nSPS) is 29.8. The highest BCUT2D eigenvalue weighted by Crippen LogP contribution is 2.29. The fraction of sp³-hybridized carbons (Fsp3) is 0.857. The molecule has 2 atom stereocenters. The van der Waals surface area contributed by atoms with Gasteiger partial charge in [0, 0.05) is 13.7 Å². The summed E-state index contributed by atoms with van der Waals surface area (Å²) in [4.78, 5) is 11.9.